The van der Waals surface area contributed by atoms with Crippen molar-refractivity contribution in [2.24, 2.45) is 0 Å². The van der Waals surface area contributed by atoms with Crippen LogP contribution in [0.15, 0.2) is 29.2 Å². The van der Waals surface area contributed by atoms with Crippen LogP contribution in [0.4, 0.5) is 4.79 Å². The van der Waals surface area contributed by atoms with Gasteiger partial charge in [-0.3, -0.25) is 0 Å². The molecule has 1 aliphatic rings. The summed E-state index contributed by atoms with van der Waals surface area (Å²) in [6.07, 6.45) is 0. The Morgan fingerprint density at radius 2 is 2.12 bits per heavy atom. The number of carbonyl (C=O) groups excluding carboxylic acids is 1. The number of nitrogens with one attached hydrogen (secondary N) is 1. The van der Waals surface area contributed by atoms with Crippen LogP contribution in [0.25, 0.3) is 0 Å². The summed E-state index contributed by atoms with van der Waals surface area (Å²) >= 11 is 1.83. The van der Waals surface area contributed by atoms with E-state index in [4.69, 9.17) is 0 Å². The number of hydrogen-bond acceptors (Lipinski definition) is 2. The van der Waals surface area contributed by atoms with Crippen molar-refractivity contribution < 1.29 is 4.79 Å². The Morgan fingerprint density at radius 3 is 2.62 bits per heavy atom. The third-order valence-electron chi connectivity index (χ3n) is 2.69. The number of urea groups is 1. The number of carbonyl (C=O) groups is 1. The van der Waals surface area contributed by atoms with Gasteiger partial charge in [-0.1, -0.05) is 19.1 Å². The van der Waals surface area contributed by atoms with E-state index in [0.29, 0.717) is 0 Å². The lowest BCUT2D eigenvalue weighted by Gasteiger charge is -2.10. The number of rotatable bonds is 3. The van der Waals surface area contributed by atoms with Crippen molar-refractivity contribution in [1.29, 1.82) is 0 Å². The second-order valence-corrected chi connectivity index (χ2v) is 5.22. The lowest BCUT2D eigenvalue weighted by Crippen LogP contribution is -2.23. The molecule has 1 fully saturated rings. The summed E-state index contributed by atoms with van der Waals surface area (Å²) in [7, 11) is 1.82. The first-order chi connectivity index (χ1) is 7.70. The van der Waals surface area contributed by atoms with E-state index in [0.717, 1.165) is 12.3 Å². The Balaban J connectivity index is 2.08. The van der Waals surface area contributed by atoms with Gasteiger partial charge >= 0.3 is 6.03 Å². The van der Waals surface area contributed by atoms with E-state index in [1.54, 1.807) is 4.90 Å². The Labute approximate surface area is 100 Å². The lowest BCUT2D eigenvalue weighted by atomic mass is 10.1. The van der Waals surface area contributed by atoms with Crippen LogP contribution >= 0.6 is 11.8 Å². The maximum Gasteiger partial charge on any atom is 0.317 e. The first kappa shape index (κ1) is 11.3. The minimum absolute atomic E-state index is 0.0111. The van der Waals surface area contributed by atoms with Crippen molar-refractivity contribution in [3.8, 4) is 0 Å². The fourth-order valence-corrected chi connectivity index (χ4v) is 2.48. The number of likely N-dealkylation sites (N-methyl/N-ethyl adjacent to an activating group) is 1. The molecule has 1 aromatic rings. The molecule has 0 aromatic heterocycles. The van der Waals surface area contributed by atoms with Crippen molar-refractivity contribution in [1.82, 2.24) is 10.2 Å². The Kier molecular flexibility index (Phi) is 3.39. The summed E-state index contributed by atoms with van der Waals surface area (Å²) in [5.41, 5.74) is 1.18. The van der Waals surface area contributed by atoms with Gasteiger partial charge in [-0.15, -0.1) is 11.8 Å². The second-order valence-electron chi connectivity index (χ2n) is 3.88. The molecule has 0 bridgehead atoms. The number of benzene rings is 1. The minimum atomic E-state index is 0.0111. The third kappa shape index (κ3) is 2.32. The summed E-state index contributed by atoms with van der Waals surface area (Å²) < 4.78 is 0. The Bertz CT molecular complexity index is 377. The van der Waals surface area contributed by atoms with Gasteiger partial charge < -0.3 is 10.2 Å². The van der Waals surface area contributed by atoms with Gasteiger partial charge in [0.05, 0.1) is 6.04 Å². The summed E-state index contributed by atoms with van der Waals surface area (Å²) in [6, 6.07) is 8.58. The van der Waals surface area contributed by atoms with Crippen LogP contribution in [0.3, 0.4) is 0 Å². The van der Waals surface area contributed by atoms with E-state index in [2.05, 4.69) is 36.5 Å². The molecule has 1 saturated heterocycles. The van der Waals surface area contributed by atoms with E-state index in [9.17, 15) is 4.79 Å². The normalized spacial score (nSPS) is 20.0. The largest absolute Gasteiger partial charge is 0.329 e. The predicted octanol–water partition coefficient (Wildman–Crippen LogP) is 2.49. The highest BCUT2D eigenvalue weighted by Crippen LogP contribution is 2.23. The first-order valence-corrected chi connectivity index (χ1v) is 6.43. The predicted molar refractivity (Wildman–Crippen MR) is 66.7 cm³/mol. The summed E-state index contributed by atoms with van der Waals surface area (Å²) in [4.78, 5) is 14.3. The number of nitrogens with zero attached hydrogens (tertiary/aromatic N) is 1. The molecular weight excluding hydrogens is 220 g/mol. The topological polar surface area (TPSA) is 32.3 Å². The van der Waals surface area contributed by atoms with E-state index >= 15 is 0 Å². The molecule has 1 heterocycles. The number of amides is 2. The molecule has 4 heteroatoms. The molecule has 0 aliphatic carbocycles. The lowest BCUT2D eigenvalue weighted by molar-refractivity contribution is 0.226. The van der Waals surface area contributed by atoms with Crippen molar-refractivity contribution in [3.63, 3.8) is 0 Å². The molecule has 0 saturated carbocycles. The quantitative estimate of drug-likeness (QED) is 0.818. The molecule has 2 amide bonds. The molecule has 3 nitrogen and oxygen atoms in total. The van der Waals surface area contributed by atoms with Gasteiger partial charge in [-0.25, -0.2) is 4.79 Å². The highest BCUT2D eigenvalue weighted by atomic mass is 32.2. The fourth-order valence-electron chi connectivity index (χ4n) is 1.81. The van der Waals surface area contributed by atoms with E-state index in [-0.39, 0.29) is 12.1 Å². The summed E-state index contributed by atoms with van der Waals surface area (Å²) in [6.45, 7) is 2.89. The summed E-state index contributed by atoms with van der Waals surface area (Å²) in [5.74, 6) is 1.09. The zero-order valence-electron chi connectivity index (χ0n) is 9.56. The molecule has 1 unspecified atom stereocenters. The van der Waals surface area contributed by atoms with Crippen LogP contribution in [0, 0.1) is 0 Å². The van der Waals surface area contributed by atoms with Crippen molar-refractivity contribution in [2.75, 3.05) is 19.3 Å². The van der Waals surface area contributed by atoms with Gasteiger partial charge in [0.1, 0.15) is 0 Å². The van der Waals surface area contributed by atoms with Gasteiger partial charge in [-0.2, -0.15) is 0 Å². The van der Waals surface area contributed by atoms with Crippen LogP contribution in [0.2, 0.25) is 0 Å². The van der Waals surface area contributed by atoms with Gasteiger partial charge in [0.25, 0.3) is 0 Å². The molecule has 1 aromatic carbocycles. The molecule has 16 heavy (non-hydrogen) atoms. The highest BCUT2D eigenvalue weighted by molar-refractivity contribution is 7.99. The second kappa shape index (κ2) is 4.78. The Morgan fingerprint density at radius 1 is 1.44 bits per heavy atom. The average molecular weight is 236 g/mol. The van der Waals surface area contributed by atoms with Crippen LogP contribution in [-0.2, 0) is 0 Å². The minimum Gasteiger partial charge on any atom is -0.329 e. The number of thioether (sulfide) groups is 1. The zero-order valence-corrected chi connectivity index (χ0v) is 10.4. The van der Waals surface area contributed by atoms with Gasteiger partial charge in [0.2, 0.25) is 0 Å². The first-order valence-electron chi connectivity index (χ1n) is 5.45. The molecule has 86 valence electrons. The molecular formula is C12H16N2OS. The molecule has 1 aliphatic heterocycles. The SMILES string of the molecule is CCSc1ccc(C2CN(C)C(=O)N2)cc1. The maximum atomic E-state index is 11.3. The van der Waals surface area contributed by atoms with Crippen LogP contribution in [0.5, 0.6) is 0 Å². The molecule has 2 rings (SSSR count). The summed E-state index contributed by atoms with van der Waals surface area (Å²) in [5, 5.41) is 2.95. The highest BCUT2D eigenvalue weighted by Gasteiger charge is 2.26. The molecule has 0 spiro atoms. The zero-order chi connectivity index (χ0) is 11.5. The Hall–Kier alpha value is -1.16. The monoisotopic (exact) mass is 236 g/mol. The standard InChI is InChI=1S/C12H16N2OS/c1-3-16-10-6-4-9(5-7-10)11-8-14(2)12(15)13-11/h4-7,11H,3,8H2,1-2H3,(H,13,15). The van der Waals surface area contributed by atoms with Crippen molar-refractivity contribution >= 4 is 17.8 Å². The van der Waals surface area contributed by atoms with E-state index in [1.165, 1.54) is 10.5 Å². The van der Waals surface area contributed by atoms with Crippen molar-refractivity contribution in [3.05, 3.63) is 29.8 Å². The average Bonchev–Trinajstić information content (AvgIpc) is 2.61. The van der Waals surface area contributed by atoms with Crippen LogP contribution < -0.4 is 5.32 Å². The van der Waals surface area contributed by atoms with Crippen molar-refractivity contribution in [2.45, 2.75) is 17.9 Å². The molecule has 1 atom stereocenters. The molecule has 0 radical (unpaired) electrons. The maximum absolute atomic E-state index is 11.3. The number of hydrogen-bond donors (Lipinski definition) is 1. The van der Waals surface area contributed by atoms with E-state index in [1.807, 2.05) is 18.8 Å². The smallest absolute Gasteiger partial charge is 0.317 e. The van der Waals surface area contributed by atoms with Crippen LogP contribution in [0.1, 0.15) is 18.5 Å². The van der Waals surface area contributed by atoms with Gasteiger partial charge in [0.15, 0.2) is 0 Å². The van der Waals surface area contributed by atoms with Gasteiger partial charge in [0, 0.05) is 18.5 Å². The fraction of sp³-hybridized carbons (Fsp3) is 0.417. The molecule has 1 N–H and O–H groups in total. The van der Waals surface area contributed by atoms with E-state index < -0.39 is 0 Å². The van der Waals surface area contributed by atoms with Crippen LogP contribution in [-0.4, -0.2) is 30.3 Å². The third-order valence-corrected chi connectivity index (χ3v) is 3.59. The van der Waals surface area contributed by atoms with Gasteiger partial charge in [-0.05, 0) is 23.4 Å².